The molecular formula is C10H19N3O. The maximum Gasteiger partial charge on any atom is 0.296 e. The van der Waals surface area contributed by atoms with Gasteiger partial charge in [0.05, 0.1) is 0 Å². The van der Waals surface area contributed by atoms with Crippen molar-refractivity contribution in [2.24, 2.45) is 5.73 Å². The van der Waals surface area contributed by atoms with Gasteiger partial charge in [-0.15, -0.1) is 0 Å². The molecule has 0 aliphatic heterocycles. The SMILES string of the molecule is CCn1ccnc1OCC(C)(N)CC. The van der Waals surface area contributed by atoms with Crippen LogP contribution in [0.25, 0.3) is 0 Å². The van der Waals surface area contributed by atoms with Gasteiger partial charge in [0.15, 0.2) is 0 Å². The Morgan fingerprint density at radius 3 is 2.86 bits per heavy atom. The molecule has 0 saturated heterocycles. The first-order chi connectivity index (χ1) is 6.59. The first-order valence-electron chi connectivity index (χ1n) is 5.02. The highest BCUT2D eigenvalue weighted by molar-refractivity contribution is 4.98. The summed E-state index contributed by atoms with van der Waals surface area (Å²) in [4.78, 5) is 4.11. The van der Waals surface area contributed by atoms with Crippen LogP contribution in [0.3, 0.4) is 0 Å². The Bertz CT molecular complexity index is 281. The van der Waals surface area contributed by atoms with Crippen LogP contribution in [0.1, 0.15) is 27.2 Å². The van der Waals surface area contributed by atoms with Crippen LogP contribution in [-0.2, 0) is 6.54 Å². The third-order valence-electron chi connectivity index (χ3n) is 2.36. The fourth-order valence-corrected chi connectivity index (χ4v) is 1.01. The molecule has 0 fully saturated rings. The Morgan fingerprint density at radius 2 is 2.29 bits per heavy atom. The molecule has 1 aromatic rings. The van der Waals surface area contributed by atoms with Crippen molar-refractivity contribution in [2.45, 2.75) is 39.3 Å². The first-order valence-corrected chi connectivity index (χ1v) is 5.02. The molecule has 1 atom stereocenters. The van der Waals surface area contributed by atoms with E-state index in [1.54, 1.807) is 6.20 Å². The summed E-state index contributed by atoms with van der Waals surface area (Å²) in [6.07, 6.45) is 4.52. The molecule has 0 aliphatic rings. The highest BCUT2D eigenvalue weighted by Gasteiger charge is 2.17. The Morgan fingerprint density at radius 1 is 1.57 bits per heavy atom. The molecule has 4 nitrogen and oxygen atoms in total. The maximum absolute atomic E-state index is 5.96. The van der Waals surface area contributed by atoms with Crippen LogP contribution in [0.4, 0.5) is 0 Å². The number of rotatable bonds is 5. The first kappa shape index (κ1) is 11.0. The van der Waals surface area contributed by atoms with Gasteiger partial charge < -0.3 is 15.0 Å². The third-order valence-corrected chi connectivity index (χ3v) is 2.36. The maximum atomic E-state index is 5.96. The zero-order chi connectivity index (χ0) is 10.6. The van der Waals surface area contributed by atoms with E-state index < -0.39 is 0 Å². The predicted octanol–water partition coefficient (Wildman–Crippen LogP) is 1.41. The summed E-state index contributed by atoms with van der Waals surface area (Å²) in [7, 11) is 0. The molecule has 0 bridgehead atoms. The number of imidazole rings is 1. The summed E-state index contributed by atoms with van der Waals surface area (Å²) in [5, 5.41) is 0. The number of aryl methyl sites for hydroxylation is 1. The van der Waals surface area contributed by atoms with E-state index in [1.807, 2.05) is 17.7 Å². The summed E-state index contributed by atoms with van der Waals surface area (Å²) in [5.74, 6) is 0. The van der Waals surface area contributed by atoms with Crippen LogP contribution in [0.15, 0.2) is 12.4 Å². The van der Waals surface area contributed by atoms with Gasteiger partial charge in [0, 0.05) is 24.5 Å². The van der Waals surface area contributed by atoms with E-state index in [4.69, 9.17) is 10.5 Å². The second-order valence-electron chi connectivity index (χ2n) is 3.79. The zero-order valence-corrected chi connectivity index (χ0v) is 9.16. The van der Waals surface area contributed by atoms with Crippen molar-refractivity contribution < 1.29 is 4.74 Å². The lowest BCUT2D eigenvalue weighted by molar-refractivity contribution is 0.203. The number of hydrogen-bond acceptors (Lipinski definition) is 3. The molecule has 1 heterocycles. The normalized spacial score (nSPS) is 15.1. The number of hydrogen-bond donors (Lipinski definition) is 1. The quantitative estimate of drug-likeness (QED) is 0.776. The van der Waals surface area contributed by atoms with Gasteiger partial charge in [-0.1, -0.05) is 6.92 Å². The van der Waals surface area contributed by atoms with Crippen LogP contribution in [0, 0.1) is 0 Å². The lowest BCUT2D eigenvalue weighted by Crippen LogP contribution is -2.41. The third kappa shape index (κ3) is 2.73. The second kappa shape index (κ2) is 4.46. The molecule has 80 valence electrons. The van der Waals surface area contributed by atoms with Crippen LogP contribution in [0.2, 0.25) is 0 Å². The average molecular weight is 197 g/mol. The summed E-state index contributed by atoms with van der Waals surface area (Å²) < 4.78 is 7.50. The minimum Gasteiger partial charge on any atom is -0.463 e. The number of aromatic nitrogens is 2. The Hall–Kier alpha value is -1.03. The van der Waals surface area contributed by atoms with Gasteiger partial charge in [0.2, 0.25) is 0 Å². The van der Waals surface area contributed by atoms with E-state index in [0.29, 0.717) is 12.6 Å². The van der Waals surface area contributed by atoms with E-state index in [9.17, 15) is 0 Å². The molecular weight excluding hydrogens is 178 g/mol. The van der Waals surface area contributed by atoms with Crippen LogP contribution in [0.5, 0.6) is 6.01 Å². The van der Waals surface area contributed by atoms with Crippen LogP contribution >= 0.6 is 0 Å². The number of nitrogens with two attached hydrogens (primary N) is 1. The van der Waals surface area contributed by atoms with Gasteiger partial charge >= 0.3 is 0 Å². The van der Waals surface area contributed by atoms with Gasteiger partial charge in [0.1, 0.15) is 6.61 Å². The highest BCUT2D eigenvalue weighted by atomic mass is 16.5. The van der Waals surface area contributed by atoms with Crippen LogP contribution in [-0.4, -0.2) is 21.7 Å². The van der Waals surface area contributed by atoms with E-state index >= 15 is 0 Å². The van der Waals surface area contributed by atoms with Gasteiger partial charge in [-0.05, 0) is 20.3 Å². The highest BCUT2D eigenvalue weighted by Crippen LogP contribution is 2.11. The van der Waals surface area contributed by atoms with E-state index in [0.717, 1.165) is 13.0 Å². The standard InChI is InChI=1S/C10H19N3O/c1-4-10(3,11)8-14-9-12-6-7-13(9)5-2/h6-7H,4-5,8,11H2,1-3H3. The van der Waals surface area contributed by atoms with Crippen molar-refractivity contribution in [3.63, 3.8) is 0 Å². The second-order valence-corrected chi connectivity index (χ2v) is 3.79. The smallest absolute Gasteiger partial charge is 0.296 e. The molecule has 1 aromatic heterocycles. The largest absolute Gasteiger partial charge is 0.463 e. The molecule has 0 saturated carbocycles. The molecule has 0 amide bonds. The van der Waals surface area contributed by atoms with Gasteiger partial charge in [-0.3, -0.25) is 0 Å². The monoisotopic (exact) mass is 197 g/mol. The van der Waals surface area contributed by atoms with Crippen molar-refractivity contribution in [1.29, 1.82) is 0 Å². The fraction of sp³-hybridized carbons (Fsp3) is 0.700. The van der Waals surface area contributed by atoms with Crippen molar-refractivity contribution in [3.05, 3.63) is 12.4 Å². The van der Waals surface area contributed by atoms with Crippen molar-refractivity contribution in [2.75, 3.05) is 6.61 Å². The van der Waals surface area contributed by atoms with Crippen molar-refractivity contribution >= 4 is 0 Å². The van der Waals surface area contributed by atoms with Gasteiger partial charge in [-0.2, -0.15) is 0 Å². The number of nitrogens with zero attached hydrogens (tertiary/aromatic N) is 2. The summed E-state index contributed by atoms with van der Waals surface area (Å²) in [6, 6.07) is 0.651. The van der Waals surface area contributed by atoms with Gasteiger partial charge in [-0.25, -0.2) is 4.98 Å². The molecule has 0 radical (unpaired) electrons. The summed E-state index contributed by atoms with van der Waals surface area (Å²) in [6.45, 7) is 7.45. The predicted molar refractivity (Wildman–Crippen MR) is 56.3 cm³/mol. The molecule has 14 heavy (non-hydrogen) atoms. The Labute approximate surface area is 85.1 Å². The van der Waals surface area contributed by atoms with Crippen molar-refractivity contribution in [3.8, 4) is 6.01 Å². The molecule has 1 rings (SSSR count). The minimum absolute atomic E-state index is 0.273. The summed E-state index contributed by atoms with van der Waals surface area (Å²) >= 11 is 0. The van der Waals surface area contributed by atoms with E-state index in [1.165, 1.54) is 0 Å². The molecule has 0 aliphatic carbocycles. The molecule has 1 unspecified atom stereocenters. The Balaban J connectivity index is 2.53. The van der Waals surface area contributed by atoms with E-state index in [2.05, 4.69) is 18.8 Å². The minimum atomic E-state index is -0.273. The summed E-state index contributed by atoms with van der Waals surface area (Å²) in [5.41, 5.74) is 5.69. The molecule has 0 aromatic carbocycles. The Kier molecular flexibility index (Phi) is 3.52. The lowest BCUT2D eigenvalue weighted by atomic mass is 10.0. The number of ether oxygens (including phenoxy) is 1. The zero-order valence-electron chi connectivity index (χ0n) is 9.16. The lowest BCUT2D eigenvalue weighted by Gasteiger charge is -2.22. The molecule has 0 spiro atoms. The fourth-order valence-electron chi connectivity index (χ4n) is 1.01. The molecule has 4 heteroatoms. The molecule has 2 N–H and O–H groups in total. The van der Waals surface area contributed by atoms with E-state index in [-0.39, 0.29) is 5.54 Å². The van der Waals surface area contributed by atoms with Crippen LogP contribution < -0.4 is 10.5 Å². The van der Waals surface area contributed by atoms with Crippen molar-refractivity contribution in [1.82, 2.24) is 9.55 Å². The van der Waals surface area contributed by atoms with Gasteiger partial charge in [0.25, 0.3) is 6.01 Å². The average Bonchev–Trinajstić information content (AvgIpc) is 2.62. The topological polar surface area (TPSA) is 53.1 Å².